The van der Waals surface area contributed by atoms with E-state index < -0.39 is 0 Å². The molecular weight excluding hydrogens is 525 g/mol. The summed E-state index contributed by atoms with van der Waals surface area (Å²) in [5, 5.41) is 0.717. The smallest absolute Gasteiger partial charge is 0.261 e. The number of aryl methyl sites for hydroxylation is 1. The van der Waals surface area contributed by atoms with E-state index in [1.165, 1.54) is 0 Å². The molecule has 164 valence electrons. The first kappa shape index (κ1) is 22.4. The lowest BCUT2D eigenvalue weighted by atomic mass is 10.2. The molecule has 0 radical (unpaired) electrons. The van der Waals surface area contributed by atoms with Crippen molar-refractivity contribution in [2.75, 3.05) is 51.4 Å². The van der Waals surface area contributed by atoms with E-state index >= 15 is 0 Å². The van der Waals surface area contributed by atoms with Crippen LogP contribution in [0, 0.1) is 10.5 Å². The summed E-state index contributed by atoms with van der Waals surface area (Å²) in [6.07, 6.45) is 0.876. The normalized spacial score (nSPS) is 14.7. The third-order valence-corrected chi connectivity index (χ3v) is 7.61. The zero-order valence-corrected chi connectivity index (χ0v) is 20.7. The number of carbonyl (C=O) groups is 1. The number of amides is 1. The van der Waals surface area contributed by atoms with Crippen LogP contribution in [0.4, 0.5) is 5.13 Å². The van der Waals surface area contributed by atoms with Gasteiger partial charge in [-0.3, -0.25) is 14.6 Å². The summed E-state index contributed by atoms with van der Waals surface area (Å²) in [6, 6.07) is 11.7. The number of rotatable bonds is 7. The van der Waals surface area contributed by atoms with Gasteiger partial charge in [0.15, 0.2) is 5.13 Å². The molecule has 1 aliphatic heterocycles. The summed E-state index contributed by atoms with van der Waals surface area (Å²) in [7, 11) is 1.65. The van der Waals surface area contributed by atoms with E-state index in [0.717, 1.165) is 64.4 Å². The maximum atomic E-state index is 13.6. The quantitative estimate of drug-likeness (QED) is 0.403. The number of fused-ring (bicyclic) bond motifs is 1. The standard InChI is InChI=1S/C23H26IN3O3S/c1-16-8-9-19(29-2)20-21(16)31-23(25-20)27(11-5-10-26-12-14-30-15-13-26)22(28)17-6-3-4-7-18(17)24/h3-4,6-9H,5,10-15H2,1-2H3. The molecule has 0 bridgehead atoms. The summed E-state index contributed by atoms with van der Waals surface area (Å²) in [4.78, 5) is 22.7. The van der Waals surface area contributed by atoms with Gasteiger partial charge in [-0.25, -0.2) is 4.98 Å². The fourth-order valence-electron chi connectivity index (χ4n) is 3.72. The number of aromatic nitrogens is 1. The van der Waals surface area contributed by atoms with Gasteiger partial charge in [0, 0.05) is 29.7 Å². The molecule has 0 spiro atoms. The predicted molar refractivity (Wildman–Crippen MR) is 134 cm³/mol. The third kappa shape index (κ3) is 5.02. The van der Waals surface area contributed by atoms with Crippen molar-refractivity contribution in [1.82, 2.24) is 9.88 Å². The number of hydrogen-bond acceptors (Lipinski definition) is 6. The molecule has 1 saturated heterocycles. The molecule has 2 aromatic carbocycles. The molecule has 31 heavy (non-hydrogen) atoms. The highest BCUT2D eigenvalue weighted by atomic mass is 127. The highest BCUT2D eigenvalue weighted by Crippen LogP contribution is 2.37. The number of carbonyl (C=O) groups excluding carboxylic acids is 1. The Hall–Kier alpha value is -1.75. The predicted octanol–water partition coefficient (Wildman–Crippen LogP) is 4.59. The van der Waals surface area contributed by atoms with Crippen LogP contribution in [0.3, 0.4) is 0 Å². The van der Waals surface area contributed by atoms with Crippen LogP contribution in [0.2, 0.25) is 0 Å². The van der Waals surface area contributed by atoms with Crippen molar-refractivity contribution in [1.29, 1.82) is 0 Å². The fourth-order valence-corrected chi connectivity index (χ4v) is 5.41. The minimum absolute atomic E-state index is 0.0114. The van der Waals surface area contributed by atoms with Gasteiger partial charge in [0.2, 0.25) is 0 Å². The Morgan fingerprint density at radius 3 is 2.77 bits per heavy atom. The second kappa shape index (κ2) is 10.2. The van der Waals surface area contributed by atoms with Gasteiger partial charge < -0.3 is 9.47 Å². The van der Waals surface area contributed by atoms with Crippen molar-refractivity contribution in [3.8, 4) is 5.75 Å². The van der Waals surface area contributed by atoms with E-state index in [9.17, 15) is 4.79 Å². The van der Waals surface area contributed by atoms with Crippen LogP contribution in [0.25, 0.3) is 10.2 Å². The van der Waals surface area contributed by atoms with Crippen molar-refractivity contribution in [3.63, 3.8) is 0 Å². The molecule has 4 rings (SSSR count). The zero-order valence-electron chi connectivity index (χ0n) is 17.8. The number of halogens is 1. The molecule has 0 atom stereocenters. The second-order valence-corrected chi connectivity index (χ2v) is 9.64. The molecule has 2 heterocycles. The number of morpholine rings is 1. The molecule has 8 heteroatoms. The van der Waals surface area contributed by atoms with Crippen LogP contribution in [0.5, 0.6) is 5.75 Å². The van der Waals surface area contributed by atoms with Gasteiger partial charge in [-0.05, 0) is 59.7 Å². The number of nitrogens with zero attached hydrogens (tertiary/aromatic N) is 3. The second-order valence-electron chi connectivity index (χ2n) is 7.50. The van der Waals surface area contributed by atoms with E-state index in [2.05, 4.69) is 34.4 Å². The number of benzene rings is 2. The maximum Gasteiger partial charge on any atom is 0.261 e. The van der Waals surface area contributed by atoms with E-state index in [-0.39, 0.29) is 5.91 Å². The summed E-state index contributed by atoms with van der Waals surface area (Å²) < 4.78 is 13.0. The number of thiazole rings is 1. The van der Waals surface area contributed by atoms with Crippen LogP contribution in [-0.4, -0.2) is 62.3 Å². The third-order valence-electron chi connectivity index (χ3n) is 5.45. The number of anilines is 1. The Morgan fingerprint density at radius 1 is 1.26 bits per heavy atom. The van der Waals surface area contributed by atoms with Crippen molar-refractivity contribution in [3.05, 3.63) is 51.1 Å². The first-order valence-electron chi connectivity index (χ1n) is 10.4. The Labute approximate surface area is 200 Å². The average molecular weight is 551 g/mol. The monoisotopic (exact) mass is 551 g/mol. The van der Waals surface area contributed by atoms with Gasteiger partial charge in [-0.2, -0.15) is 0 Å². The van der Waals surface area contributed by atoms with Crippen molar-refractivity contribution in [2.45, 2.75) is 13.3 Å². The minimum Gasteiger partial charge on any atom is -0.494 e. The zero-order chi connectivity index (χ0) is 21.8. The van der Waals surface area contributed by atoms with E-state index in [1.807, 2.05) is 41.3 Å². The lowest BCUT2D eigenvalue weighted by Gasteiger charge is -2.27. The van der Waals surface area contributed by atoms with Crippen molar-refractivity contribution in [2.24, 2.45) is 0 Å². The molecule has 6 nitrogen and oxygen atoms in total. The Bertz CT molecular complexity index is 1070. The van der Waals surface area contributed by atoms with Crippen LogP contribution in [0.1, 0.15) is 22.3 Å². The van der Waals surface area contributed by atoms with Gasteiger partial charge in [-0.15, -0.1) is 0 Å². The van der Waals surface area contributed by atoms with Gasteiger partial charge in [0.1, 0.15) is 11.3 Å². The topological polar surface area (TPSA) is 54.9 Å². The fraction of sp³-hybridized carbons (Fsp3) is 0.391. The van der Waals surface area contributed by atoms with Crippen molar-refractivity contribution < 1.29 is 14.3 Å². The van der Waals surface area contributed by atoms with E-state index in [4.69, 9.17) is 14.5 Å². The molecule has 1 aromatic heterocycles. The molecule has 0 N–H and O–H groups in total. The maximum absolute atomic E-state index is 13.6. The summed E-state index contributed by atoms with van der Waals surface area (Å²) in [5.74, 6) is 0.723. The Morgan fingerprint density at radius 2 is 2.03 bits per heavy atom. The first-order valence-corrected chi connectivity index (χ1v) is 12.3. The van der Waals surface area contributed by atoms with E-state index in [0.29, 0.717) is 17.2 Å². The van der Waals surface area contributed by atoms with Gasteiger partial charge >= 0.3 is 0 Å². The number of hydrogen-bond donors (Lipinski definition) is 0. The highest BCUT2D eigenvalue weighted by molar-refractivity contribution is 14.1. The molecule has 1 fully saturated rings. The van der Waals surface area contributed by atoms with E-state index in [1.54, 1.807) is 18.4 Å². The van der Waals surface area contributed by atoms with Gasteiger partial charge in [0.05, 0.1) is 30.6 Å². The summed E-state index contributed by atoms with van der Waals surface area (Å²) >= 11 is 3.78. The van der Waals surface area contributed by atoms with Gasteiger partial charge in [-0.1, -0.05) is 29.5 Å². The lowest BCUT2D eigenvalue weighted by molar-refractivity contribution is 0.0376. The molecule has 1 amide bonds. The largest absolute Gasteiger partial charge is 0.494 e. The Kier molecular flexibility index (Phi) is 7.42. The molecule has 0 unspecified atom stereocenters. The molecule has 3 aromatic rings. The first-order chi connectivity index (χ1) is 15.1. The highest BCUT2D eigenvalue weighted by Gasteiger charge is 2.24. The Balaban J connectivity index is 1.64. The summed E-state index contributed by atoms with van der Waals surface area (Å²) in [5.41, 5.74) is 2.66. The SMILES string of the molecule is COc1ccc(C)c2sc(N(CCCN3CCOCC3)C(=O)c3ccccc3I)nc12. The number of methoxy groups -OCH3 is 1. The van der Waals surface area contributed by atoms with Crippen LogP contribution in [-0.2, 0) is 4.74 Å². The minimum atomic E-state index is -0.0114. The van der Waals surface area contributed by atoms with Crippen molar-refractivity contribution >= 4 is 55.2 Å². The molecule has 1 aliphatic rings. The van der Waals surface area contributed by atoms with Gasteiger partial charge in [0.25, 0.3) is 5.91 Å². The van der Waals surface area contributed by atoms with Crippen LogP contribution >= 0.6 is 33.9 Å². The van der Waals surface area contributed by atoms with Crippen LogP contribution in [0.15, 0.2) is 36.4 Å². The summed E-state index contributed by atoms with van der Waals surface area (Å²) in [6.45, 7) is 7.07. The molecule has 0 aliphatic carbocycles. The lowest BCUT2D eigenvalue weighted by Crippen LogP contribution is -2.39. The van der Waals surface area contributed by atoms with Crippen LogP contribution < -0.4 is 9.64 Å². The molecule has 0 saturated carbocycles. The molecular formula is C23H26IN3O3S. The number of ether oxygens (including phenoxy) is 2. The average Bonchev–Trinajstić information content (AvgIpc) is 3.24.